The largest absolute Gasteiger partial charge is 0.352 e. The molecule has 5 heteroatoms. The topological polar surface area (TPSA) is 61.0 Å². The molecule has 0 amide bonds. The van der Waals surface area contributed by atoms with Crippen molar-refractivity contribution in [3.05, 3.63) is 22.2 Å². The molecule has 1 fully saturated rings. The van der Waals surface area contributed by atoms with Gasteiger partial charge in [0.25, 0.3) is 5.56 Å². The van der Waals surface area contributed by atoms with Gasteiger partial charge < -0.3 is 15.2 Å². The Kier molecular flexibility index (Phi) is 4.96. The maximum Gasteiger partial charge on any atom is 0.252 e. The van der Waals surface area contributed by atoms with Crippen LogP contribution in [0.5, 0.6) is 0 Å². The van der Waals surface area contributed by atoms with Crippen molar-refractivity contribution in [2.75, 3.05) is 24.5 Å². The van der Waals surface area contributed by atoms with Gasteiger partial charge >= 0.3 is 0 Å². The van der Waals surface area contributed by atoms with Gasteiger partial charge in [-0.25, -0.2) is 4.98 Å². The quantitative estimate of drug-likeness (QED) is 0.760. The van der Waals surface area contributed by atoms with E-state index < -0.39 is 0 Å². The van der Waals surface area contributed by atoms with E-state index in [-0.39, 0.29) is 5.56 Å². The Balaban J connectivity index is 2.10. The molecule has 2 heterocycles. The van der Waals surface area contributed by atoms with Crippen LogP contribution in [0.4, 0.5) is 5.82 Å². The Morgan fingerprint density at radius 2 is 2.37 bits per heavy atom. The van der Waals surface area contributed by atoms with E-state index in [0.717, 1.165) is 44.1 Å². The molecule has 0 radical (unpaired) electrons. The van der Waals surface area contributed by atoms with E-state index in [1.165, 1.54) is 12.8 Å². The Bertz CT molecular complexity index is 457. The van der Waals surface area contributed by atoms with E-state index in [0.29, 0.717) is 6.04 Å². The van der Waals surface area contributed by atoms with Crippen LogP contribution >= 0.6 is 0 Å². The Morgan fingerprint density at radius 3 is 3.11 bits per heavy atom. The molecule has 0 saturated carbocycles. The highest BCUT2D eigenvalue weighted by Gasteiger charge is 2.25. The van der Waals surface area contributed by atoms with Gasteiger partial charge in [-0.2, -0.15) is 0 Å². The van der Waals surface area contributed by atoms with Crippen molar-refractivity contribution >= 4 is 5.82 Å². The normalized spacial score (nSPS) is 19.1. The first-order valence-electron chi connectivity index (χ1n) is 7.32. The summed E-state index contributed by atoms with van der Waals surface area (Å²) < 4.78 is 0. The predicted molar refractivity (Wildman–Crippen MR) is 77.8 cm³/mol. The summed E-state index contributed by atoms with van der Waals surface area (Å²) in [6.07, 6.45) is 4.26. The van der Waals surface area contributed by atoms with Crippen LogP contribution in [0.3, 0.4) is 0 Å². The molecule has 1 saturated heterocycles. The summed E-state index contributed by atoms with van der Waals surface area (Å²) in [6.45, 7) is 7.20. The summed E-state index contributed by atoms with van der Waals surface area (Å²) >= 11 is 0. The van der Waals surface area contributed by atoms with Gasteiger partial charge in [-0.3, -0.25) is 4.79 Å². The number of rotatable bonds is 6. The number of hydrogen-bond donors (Lipinski definition) is 2. The molecule has 0 aromatic carbocycles. The van der Waals surface area contributed by atoms with Gasteiger partial charge in [0.2, 0.25) is 0 Å². The third kappa shape index (κ3) is 3.56. The fourth-order valence-electron chi connectivity index (χ4n) is 2.60. The van der Waals surface area contributed by atoms with Gasteiger partial charge in [-0.05, 0) is 25.8 Å². The average molecular weight is 264 g/mol. The third-order valence-electron chi connectivity index (χ3n) is 3.59. The van der Waals surface area contributed by atoms with Crippen molar-refractivity contribution in [2.45, 2.75) is 45.6 Å². The van der Waals surface area contributed by atoms with Crippen LogP contribution in [0.2, 0.25) is 0 Å². The number of aromatic amines is 1. The van der Waals surface area contributed by atoms with Crippen LogP contribution in [0.25, 0.3) is 0 Å². The standard InChI is InChI=1S/C14H24N4O/c1-3-7-15-10-11-6-5-8-18(11)13-9-14(19)17-12(4-2)16-13/h9,11,15H,3-8,10H2,1-2H3,(H,16,17,19). The van der Waals surface area contributed by atoms with Crippen molar-refractivity contribution in [2.24, 2.45) is 0 Å². The van der Waals surface area contributed by atoms with Crippen molar-refractivity contribution < 1.29 is 0 Å². The molecule has 106 valence electrons. The molecule has 0 aliphatic carbocycles. The molecule has 5 nitrogen and oxygen atoms in total. The lowest BCUT2D eigenvalue weighted by molar-refractivity contribution is 0.567. The van der Waals surface area contributed by atoms with Gasteiger partial charge in [0.1, 0.15) is 11.6 Å². The molecular formula is C14H24N4O. The second kappa shape index (κ2) is 6.70. The summed E-state index contributed by atoms with van der Waals surface area (Å²) in [4.78, 5) is 21.3. The fourth-order valence-corrected chi connectivity index (χ4v) is 2.60. The first-order valence-corrected chi connectivity index (χ1v) is 7.32. The smallest absolute Gasteiger partial charge is 0.252 e. The lowest BCUT2D eigenvalue weighted by atomic mass is 10.2. The first-order chi connectivity index (χ1) is 9.24. The van der Waals surface area contributed by atoms with Gasteiger partial charge in [-0.15, -0.1) is 0 Å². The Labute approximate surface area is 114 Å². The molecule has 1 atom stereocenters. The van der Waals surface area contributed by atoms with E-state index in [2.05, 4.69) is 27.1 Å². The molecule has 2 rings (SSSR count). The van der Waals surface area contributed by atoms with Gasteiger partial charge in [0.15, 0.2) is 0 Å². The van der Waals surface area contributed by atoms with Crippen molar-refractivity contribution in [1.82, 2.24) is 15.3 Å². The van der Waals surface area contributed by atoms with Gasteiger partial charge in [0, 0.05) is 31.6 Å². The van der Waals surface area contributed by atoms with Crippen LogP contribution in [0.15, 0.2) is 10.9 Å². The Hall–Kier alpha value is -1.36. The second-order valence-corrected chi connectivity index (χ2v) is 5.10. The lowest BCUT2D eigenvalue weighted by Gasteiger charge is -2.26. The highest BCUT2D eigenvalue weighted by atomic mass is 16.1. The number of H-pyrrole nitrogens is 1. The number of aryl methyl sites for hydroxylation is 1. The van der Waals surface area contributed by atoms with Crippen molar-refractivity contribution in [3.63, 3.8) is 0 Å². The SMILES string of the molecule is CCCNCC1CCCN1c1cc(=O)[nH]c(CC)n1. The minimum Gasteiger partial charge on any atom is -0.352 e. The molecule has 1 unspecified atom stereocenters. The van der Waals surface area contributed by atoms with E-state index in [1.54, 1.807) is 6.07 Å². The monoisotopic (exact) mass is 264 g/mol. The van der Waals surface area contributed by atoms with Crippen molar-refractivity contribution in [3.8, 4) is 0 Å². The van der Waals surface area contributed by atoms with Crippen LogP contribution < -0.4 is 15.8 Å². The average Bonchev–Trinajstić information content (AvgIpc) is 2.86. The fraction of sp³-hybridized carbons (Fsp3) is 0.714. The van der Waals surface area contributed by atoms with Gasteiger partial charge in [0.05, 0.1) is 0 Å². The number of hydrogen-bond acceptors (Lipinski definition) is 4. The molecule has 2 N–H and O–H groups in total. The van der Waals surface area contributed by atoms with Crippen molar-refractivity contribution in [1.29, 1.82) is 0 Å². The van der Waals surface area contributed by atoms with E-state index in [1.807, 2.05) is 6.92 Å². The summed E-state index contributed by atoms with van der Waals surface area (Å²) in [7, 11) is 0. The molecule has 1 aliphatic rings. The summed E-state index contributed by atoms with van der Waals surface area (Å²) in [5.74, 6) is 1.61. The third-order valence-corrected chi connectivity index (χ3v) is 3.59. The molecule has 1 aromatic rings. The van der Waals surface area contributed by atoms with Crippen LogP contribution in [-0.2, 0) is 6.42 Å². The first kappa shape index (κ1) is 14.1. The van der Waals surface area contributed by atoms with Crippen LogP contribution in [0, 0.1) is 0 Å². The highest BCUT2D eigenvalue weighted by molar-refractivity contribution is 5.40. The van der Waals surface area contributed by atoms with E-state index in [4.69, 9.17) is 0 Å². The predicted octanol–water partition coefficient (Wildman–Crippen LogP) is 1.30. The molecule has 0 bridgehead atoms. The zero-order valence-corrected chi connectivity index (χ0v) is 11.9. The number of anilines is 1. The molecular weight excluding hydrogens is 240 g/mol. The summed E-state index contributed by atoms with van der Waals surface area (Å²) in [5.41, 5.74) is -0.0472. The lowest BCUT2D eigenvalue weighted by Crippen LogP contribution is -2.39. The zero-order chi connectivity index (χ0) is 13.7. The van der Waals surface area contributed by atoms with Crippen LogP contribution in [-0.4, -0.2) is 35.6 Å². The van der Waals surface area contributed by atoms with Crippen LogP contribution in [0.1, 0.15) is 38.9 Å². The van der Waals surface area contributed by atoms with E-state index >= 15 is 0 Å². The Morgan fingerprint density at radius 1 is 1.53 bits per heavy atom. The molecule has 1 aliphatic heterocycles. The summed E-state index contributed by atoms with van der Waals surface area (Å²) in [6, 6.07) is 2.09. The second-order valence-electron chi connectivity index (χ2n) is 5.10. The molecule has 0 spiro atoms. The number of nitrogens with zero attached hydrogens (tertiary/aromatic N) is 2. The number of aromatic nitrogens is 2. The molecule has 19 heavy (non-hydrogen) atoms. The maximum atomic E-state index is 11.7. The molecule has 1 aromatic heterocycles. The minimum absolute atomic E-state index is 0.0472. The zero-order valence-electron chi connectivity index (χ0n) is 11.9. The minimum atomic E-state index is -0.0472. The van der Waals surface area contributed by atoms with Gasteiger partial charge in [-0.1, -0.05) is 13.8 Å². The number of nitrogens with one attached hydrogen (secondary N) is 2. The maximum absolute atomic E-state index is 11.7. The highest BCUT2D eigenvalue weighted by Crippen LogP contribution is 2.22. The van der Waals surface area contributed by atoms with E-state index in [9.17, 15) is 4.79 Å². The summed E-state index contributed by atoms with van der Waals surface area (Å²) in [5, 5.41) is 3.46.